The van der Waals surface area contributed by atoms with Crippen molar-refractivity contribution in [3.05, 3.63) is 53.0 Å². The van der Waals surface area contributed by atoms with Crippen LogP contribution in [-0.2, 0) is 16.1 Å². The average molecular weight is 402 g/mol. The number of thiazole rings is 1. The summed E-state index contributed by atoms with van der Waals surface area (Å²) < 4.78 is 7.47. The Kier molecular flexibility index (Phi) is 5.57. The monoisotopic (exact) mass is 401 g/mol. The number of benzene rings is 1. The molecule has 3 aromatic rings. The van der Waals surface area contributed by atoms with Gasteiger partial charge in [-0.25, -0.2) is 4.98 Å². The van der Waals surface area contributed by atoms with Gasteiger partial charge in [-0.1, -0.05) is 23.7 Å². The Morgan fingerprint density at radius 1 is 1.33 bits per heavy atom. The Hall–Kier alpha value is -2.15. The van der Waals surface area contributed by atoms with Crippen molar-refractivity contribution >= 4 is 28.8 Å². The molecule has 1 fully saturated rings. The zero-order valence-electron chi connectivity index (χ0n) is 14.7. The number of hydrogen-bond acceptors (Lipinski definition) is 4. The van der Waals surface area contributed by atoms with Crippen LogP contribution in [0.1, 0.15) is 12.8 Å². The van der Waals surface area contributed by atoms with Crippen LogP contribution in [0.4, 0.5) is 0 Å². The molecular formula is C20H20ClN3O2S. The van der Waals surface area contributed by atoms with Crippen LogP contribution >= 0.6 is 22.9 Å². The van der Waals surface area contributed by atoms with Gasteiger partial charge in [0, 0.05) is 35.3 Å². The van der Waals surface area contributed by atoms with E-state index in [1.807, 2.05) is 52.5 Å². The fraction of sp³-hybridized carbons (Fsp3) is 0.300. The topological polar surface area (TPSA) is 56.2 Å². The maximum atomic E-state index is 12.3. The van der Waals surface area contributed by atoms with E-state index in [1.54, 1.807) is 11.3 Å². The molecule has 1 aliphatic rings. The van der Waals surface area contributed by atoms with Crippen LogP contribution in [-0.4, -0.2) is 34.7 Å². The van der Waals surface area contributed by atoms with E-state index in [-0.39, 0.29) is 18.6 Å². The second kappa shape index (κ2) is 8.25. The summed E-state index contributed by atoms with van der Waals surface area (Å²) >= 11 is 7.52. The van der Waals surface area contributed by atoms with Gasteiger partial charge in [-0.15, -0.1) is 11.3 Å². The number of carbonyl (C=O) groups excluding carboxylic acids is 1. The summed E-state index contributed by atoms with van der Waals surface area (Å²) in [6.45, 7) is 1.64. The molecule has 1 atom stereocenters. The first-order valence-corrected chi connectivity index (χ1v) is 10.2. The first kappa shape index (κ1) is 18.2. The number of rotatable bonds is 6. The molecule has 5 nitrogen and oxygen atoms in total. The number of aromatic nitrogens is 2. The van der Waals surface area contributed by atoms with E-state index >= 15 is 0 Å². The van der Waals surface area contributed by atoms with E-state index in [0.29, 0.717) is 11.6 Å². The summed E-state index contributed by atoms with van der Waals surface area (Å²) in [5.74, 6) is -0.0163. The largest absolute Gasteiger partial charge is 0.376 e. The molecule has 0 aliphatic carbocycles. The van der Waals surface area contributed by atoms with Gasteiger partial charge in [-0.3, -0.25) is 4.79 Å². The fourth-order valence-electron chi connectivity index (χ4n) is 3.13. The van der Waals surface area contributed by atoms with Crippen LogP contribution in [0.3, 0.4) is 0 Å². The van der Waals surface area contributed by atoms with E-state index in [2.05, 4.69) is 5.32 Å². The Labute approximate surface area is 167 Å². The first-order valence-electron chi connectivity index (χ1n) is 8.94. The van der Waals surface area contributed by atoms with Gasteiger partial charge in [-0.2, -0.15) is 0 Å². The Morgan fingerprint density at radius 2 is 2.19 bits per heavy atom. The second-order valence-electron chi connectivity index (χ2n) is 6.51. The lowest BCUT2D eigenvalue weighted by molar-refractivity contribution is -0.122. The van der Waals surface area contributed by atoms with E-state index < -0.39 is 0 Å². The van der Waals surface area contributed by atoms with Crippen LogP contribution in [0.15, 0.2) is 48.0 Å². The number of ether oxygens (including phenoxy) is 1. The third-order valence-electron chi connectivity index (χ3n) is 4.56. The molecule has 7 heteroatoms. The smallest absolute Gasteiger partial charge is 0.240 e. The number of hydrogen-bond donors (Lipinski definition) is 1. The molecule has 27 heavy (non-hydrogen) atoms. The van der Waals surface area contributed by atoms with Crippen molar-refractivity contribution in [2.24, 2.45) is 0 Å². The van der Waals surface area contributed by atoms with Gasteiger partial charge in [0.25, 0.3) is 0 Å². The number of carbonyl (C=O) groups is 1. The van der Waals surface area contributed by atoms with Crippen molar-refractivity contribution < 1.29 is 9.53 Å². The Bertz CT molecular complexity index is 913. The molecular weight excluding hydrogens is 382 g/mol. The maximum absolute atomic E-state index is 12.3. The fourth-order valence-corrected chi connectivity index (χ4v) is 4.13. The van der Waals surface area contributed by atoms with Crippen LogP contribution in [0.5, 0.6) is 0 Å². The SMILES string of the molecule is O=C(Cn1cccc1-c1nc(-c2ccc(Cl)cc2)cs1)NC[C@@H]1CCCO1. The molecule has 1 aliphatic heterocycles. The van der Waals surface area contributed by atoms with Crippen LogP contribution in [0.25, 0.3) is 22.0 Å². The predicted molar refractivity (Wildman–Crippen MR) is 108 cm³/mol. The third kappa shape index (κ3) is 4.40. The summed E-state index contributed by atoms with van der Waals surface area (Å²) in [5.41, 5.74) is 2.86. The molecule has 1 N–H and O–H groups in total. The van der Waals surface area contributed by atoms with Crippen molar-refractivity contribution in [3.63, 3.8) is 0 Å². The lowest BCUT2D eigenvalue weighted by atomic mass is 10.2. The van der Waals surface area contributed by atoms with E-state index in [4.69, 9.17) is 21.3 Å². The minimum Gasteiger partial charge on any atom is -0.376 e. The number of amides is 1. The molecule has 0 bridgehead atoms. The van der Waals surface area contributed by atoms with E-state index in [1.165, 1.54) is 0 Å². The van der Waals surface area contributed by atoms with Gasteiger partial charge in [-0.05, 0) is 37.1 Å². The standard InChI is InChI=1S/C20H20ClN3O2S/c21-15-7-5-14(6-8-15)17-13-27-20(23-17)18-4-1-9-24(18)12-19(25)22-11-16-3-2-10-26-16/h1,4-9,13,16H,2-3,10-12H2,(H,22,25)/t16-/m0/s1. The molecule has 1 aromatic carbocycles. The van der Waals surface area contributed by atoms with Gasteiger partial charge >= 0.3 is 0 Å². The second-order valence-corrected chi connectivity index (χ2v) is 7.80. The van der Waals surface area contributed by atoms with Gasteiger partial charge in [0.1, 0.15) is 11.6 Å². The van der Waals surface area contributed by atoms with Gasteiger partial charge in [0.2, 0.25) is 5.91 Å². The Morgan fingerprint density at radius 3 is 2.96 bits per heavy atom. The predicted octanol–water partition coefficient (Wildman–Crippen LogP) is 4.23. The van der Waals surface area contributed by atoms with Gasteiger partial charge in [0.15, 0.2) is 0 Å². The van der Waals surface area contributed by atoms with E-state index in [9.17, 15) is 4.79 Å². The molecule has 140 valence electrons. The normalized spacial score (nSPS) is 16.6. The molecule has 3 heterocycles. The van der Waals surface area contributed by atoms with Crippen molar-refractivity contribution in [3.8, 4) is 22.0 Å². The number of nitrogens with zero attached hydrogens (tertiary/aromatic N) is 2. The third-order valence-corrected chi connectivity index (χ3v) is 5.67. The molecule has 0 radical (unpaired) electrons. The summed E-state index contributed by atoms with van der Waals surface area (Å²) in [4.78, 5) is 17.0. The average Bonchev–Trinajstić information content (AvgIpc) is 3.42. The highest BCUT2D eigenvalue weighted by Crippen LogP contribution is 2.29. The van der Waals surface area contributed by atoms with Crippen molar-refractivity contribution in [2.75, 3.05) is 13.2 Å². The van der Waals surface area contributed by atoms with Crippen LogP contribution < -0.4 is 5.32 Å². The van der Waals surface area contributed by atoms with Crippen LogP contribution in [0, 0.1) is 0 Å². The zero-order chi connectivity index (χ0) is 18.6. The number of nitrogens with one attached hydrogen (secondary N) is 1. The molecule has 1 saturated heterocycles. The minimum atomic E-state index is -0.0163. The lowest BCUT2D eigenvalue weighted by Crippen LogP contribution is -2.34. The number of halogens is 1. The van der Waals surface area contributed by atoms with Crippen LogP contribution in [0.2, 0.25) is 5.02 Å². The molecule has 0 saturated carbocycles. The maximum Gasteiger partial charge on any atom is 0.240 e. The molecule has 0 unspecified atom stereocenters. The van der Waals surface area contributed by atoms with Crippen molar-refractivity contribution in [1.82, 2.24) is 14.9 Å². The summed E-state index contributed by atoms with van der Waals surface area (Å²) in [6, 6.07) is 11.6. The van der Waals surface area contributed by atoms with Gasteiger partial charge in [0.05, 0.1) is 17.5 Å². The summed E-state index contributed by atoms with van der Waals surface area (Å²) in [7, 11) is 0. The summed E-state index contributed by atoms with van der Waals surface area (Å²) in [6.07, 6.45) is 4.15. The lowest BCUT2D eigenvalue weighted by Gasteiger charge is -2.12. The molecule has 4 rings (SSSR count). The molecule has 1 amide bonds. The Balaban J connectivity index is 1.44. The molecule has 0 spiro atoms. The quantitative estimate of drug-likeness (QED) is 0.672. The molecule has 2 aromatic heterocycles. The summed E-state index contributed by atoms with van der Waals surface area (Å²) in [5, 5.41) is 6.58. The van der Waals surface area contributed by atoms with Crippen molar-refractivity contribution in [2.45, 2.75) is 25.5 Å². The highest BCUT2D eigenvalue weighted by molar-refractivity contribution is 7.13. The highest BCUT2D eigenvalue weighted by atomic mass is 35.5. The minimum absolute atomic E-state index is 0.0163. The van der Waals surface area contributed by atoms with E-state index in [0.717, 1.165) is 41.4 Å². The zero-order valence-corrected chi connectivity index (χ0v) is 16.3. The highest BCUT2D eigenvalue weighted by Gasteiger charge is 2.17. The first-order chi connectivity index (χ1) is 13.2. The van der Waals surface area contributed by atoms with Gasteiger partial charge < -0.3 is 14.6 Å². The van der Waals surface area contributed by atoms with Crippen molar-refractivity contribution in [1.29, 1.82) is 0 Å².